The van der Waals surface area contributed by atoms with Crippen LogP contribution in [0.15, 0.2) is 24.3 Å². The second-order valence-corrected chi connectivity index (χ2v) is 9.41. The molecule has 0 bridgehead atoms. The van der Waals surface area contributed by atoms with Gasteiger partial charge in [0, 0.05) is 49.4 Å². The first kappa shape index (κ1) is 22.1. The maximum Gasteiger partial charge on any atom is 0.228 e. The number of halogens is 1. The van der Waals surface area contributed by atoms with E-state index in [9.17, 15) is 9.59 Å². The minimum atomic E-state index is -0.730. The maximum atomic E-state index is 13.1. The Morgan fingerprint density at radius 2 is 1.62 bits per heavy atom. The third-order valence-electron chi connectivity index (χ3n) is 6.12. The lowest BCUT2D eigenvalue weighted by atomic mass is 9.86. The summed E-state index contributed by atoms with van der Waals surface area (Å²) in [4.78, 5) is 32.4. The molecular weight excluding hydrogens is 388 g/mol. The third kappa shape index (κ3) is 5.93. The average molecular weight is 421 g/mol. The smallest absolute Gasteiger partial charge is 0.228 e. The molecule has 1 aromatic rings. The van der Waals surface area contributed by atoms with Gasteiger partial charge in [0.1, 0.15) is 0 Å². The molecule has 1 N–H and O–H groups in total. The van der Waals surface area contributed by atoms with Crippen LogP contribution in [0.2, 0.25) is 5.02 Å². The molecule has 2 fully saturated rings. The third-order valence-corrected chi connectivity index (χ3v) is 6.37. The molecule has 0 saturated carbocycles. The Bertz CT molecular complexity index is 706. The monoisotopic (exact) mass is 420 g/mol. The van der Waals surface area contributed by atoms with Gasteiger partial charge in [0.05, 0.1) is 5.41 Å². The van der Waals surface area contributed by atoms with Gasteiger partial charge in [0.25, 0.3) is 0 Å². The highest BCUT2D eigenvalue weighted by Crippen LogP contribution is 2.26. The quantitative estimate of drug-likeness (QED) is 0.795. The number of hydrogen-bond donors (Lipinski definition) is 1. The van der Waals surface area contributed by atoms with Crippen molar-refractivity contribution in [1.82, 2.24) is 14.7 Å². The van der Waals surface area contributed by atoms with Crippen molar-refractivity contribution in [1.29, 1.82) is 0 Å². The number of piperazine rings is 1. The summed E-state index contributed by atoms with van der Waals surface area (Å²) < 4.78 is 0. The largest absolute Gasteiger partial charge is 0.340 e. The number of nitrogens with one attached hydrogen (secondary N) is 1. The summed E-state index contributed by atoms with van der Waals surface area (Å²) in [6.45, 7) is 9.36. The lowest BCUT2D eigenvalue weighted by molar-refractivity contribution is -0.145. The zero-order chi connectivity index (χ0) is 21.0. The van der Waals surface area contributed by atoms with Gasteiger partial charge in [0.2, 0.25) is 11.8 Å². The number of nitrogens with zero attached hydrogens (tertiary/aromatic N) is 3. The van der Waals surface area contributed by atoms with E-state index in [2.05, 4.69) is 22.2 Å². The number of hydrogen-bond acceptors (Lipinski definition) is 4. The minimum Gasteiger partial charge on any atom is -0.340 e. The van der Waals surface area contributed by atoms with Crippen LogP contribution in [0.5, 0.6) is 0 Å². The molecule has 2 saturated heterocycles. The second-order valence-electron chi connectivity index (χ2n) is 8.98. The van der Waals surface area contributed by atoms with Gasteiger partial charge in [-0.15, -0.1) is 0 Å². The molecule has 0 aliphatic carbocycles. The highest BCUT2D eigenvalue weighted by Gasteiger charge is 2.36. The Balaban J connectivity index is 1.48. The zero-order valence-corrected chi connectivity index (χ0v) is 18.5. The number of rotatable bonds is 5. The number of benzene rings is 1. The summed E-state index contributed by atoms with van der Waals surface area (Å²) in [7, 11) is 2.18. The fraction of sp³-hybridized carbons (Fsp3) is 0.636. The van der Waals surface area contributed by atoms with Gasteiger partial charge >= 0.3 is 0 Å². The van der Waals surface area contributed by atoms with Crippen LogP contribution in [-0.2, 0) is 9.59 Å². The SMILES string of the molecule is CN1CCC(N2CCN(C(=O)C(C)(C)CC(=O)Nc3ccc(Cl)cc3)CC2)CC1. The average Bonchev–Trinajstić information content (AvgIpc) is 2.69. The van der Waals surface area contributed by atoms with Crippen LogP contribution in [0.4, 0.5) is 5.69 Å². The van der Waals surface area contributed by atoms with Gasteiger partial charge in [-0.1, -0.05) is 25.4 Å². The van der Waals surface area contributed by atoms with Crippen molar-refractivity contribution in [2.75, 3.05) is 51.6 Å². The van der Waals surface area contributed by atoms with Crippen LogP contribution in [0.3, 0.4) is 0 Å². The molecule has 160 valence electrons. The number of carbonyl (C=O) groups excluding carboxylic acids is 2. The van der Waals surface area contributed by atoms with Gasteiger partial charge in [-0.2, -0.15) is 0 Å². The van der Waals surface area contributed by atoms with Crippen LogP contribution >= 0.6 is 11.6 Å². The topological polar surface area (TPSA) is 55.9 Å². The lowest BCUT2D eigenvalue weighted by Crippen LogP contribution is -2.56. The number of carbonyl (C=O) groups is 2. The molecule has 0 spiro atoms. The van der Waals surface area contributed by atoms with Crippen LogP contribution in [-0.4, -0.2) is 78.9 Å². The van der Waals surface area contributed by atoms with Crippen molar-refractivity contribution < 1.29 is 9.59 Å². The Morgan fingerprint density at radius 1 is 1.03 bits per heavy atom. The summed E-state index contributed by atoms with van der Waals surface area (Å²) in [6.07, 6.45) is 2.57. The van der Waals surface area contributed by atoms with E-state index >= 15 is 0 Å². The van der Waals surface area contributed by atoms with Crippen molar-refractivity contribution in [2.24, 2.45) is 5.41 Å². The summed E-state index contributed by atoms with van der Waals surface area (Å²) in [6, 6.07) is 7.63. The highest BCUT2D eigenvalue weighted by atomic mass is 35.5. The van der Waals surface area contributed by atoms with Crippen molar-refractivity contribution in [3.05, 3.63) is 29.3 Å². The molecule has 2 amide bonds. The first-order valence-electron chi connectivity index (χ1n) is 10.5. The number of anilines is 1. The van der Waals surface area contributed by atoms with E-state index in [0.717, 1.165) is 39.3 Å². The van der Waals surface area contributed by atoms with E-state index in [4.69, 9.17) is 11.6 Å². The second kappa shape index (κ2) is 9.45. The van der Waals surface area contributed by atoms with Crippen LogP contribution < -0.4 is 5.32 Å². The Kier molecular flexibility index (Phi) is 7.19. The van der Waals surface area contributed by atoms with E-state index in [0.29, 0.717) is 16.8 Å². The van der Waals surface area contributed by atoms with Crippen molar-refractivity contribution in [3.8, 4) is 0 Å². The maximum absolute atomic E-state index is 13.1. The van der Waals surface area contributed by atoms with Gasteiger partial charge < -0.3 is 15.1 Å². The molecule has 6 nitrogen and oxygen atoms in total. The van der Waals surface area contributed by atoms with E-state index in [1.165, 1.54) is 12.8 Å². The first-order valence-corrected chi connectivity index (χ1v) is 10.9. The highest BCUT2D eigenvalue weighted by molar-refractivity contribution is 6.30. The van der Waals surface area contributed by atoms with E-state index in [-0.39, 0.29) is 18.2 Å². The predicted molar refractivity (Wildman–Crippen MR) is 117 cm³/mol. The summed E-state index contributed by atoms with van der Waals surface area (Å²) in [5, 5.41) is 3.48. The Hall–Kier alpha value is -1.63. The summed E-state index contributed by atoms with van der Waals surface area (Å²) in [5.41, 5.74) is -0.0407. The molecule has 3 rings (SSSR count). The fourth-order valence-corrected chi connectivity index (χ4v) is 4.42. The van der Waals surface area contributed by atoms with E-state index in [1.54, 1.807) is 24.3 Å². The standard InChI is InChI=1S/C22H33ClN4O2/c1-22(2,16-20(28)24-18-6-4-17(23)5-7-18)21(29)27-14-12-26(13-15-27)19-8-10-25(3)11-9-19/h4-7,19H,8-16H2,1-3H3,(H,24,28). The molecule has 0 atom stereocenters. The molecule has 0 radical (unpaired) electrons. The van der Waals surface area contributed by atoms with Crippen LogP contribution in [0.25, 0.3) is 0 Å². The number of likely N-dealkylation sites (tertiary alicyclic amines) is 1. The van der Waals surface area contributed by atoms with Crippen LogP contribution in [0, 0.1) is 5.41 Å². The minimum absolute atomic E-state index is 0.0618. The van der Waals surface area contributed by atoms with E-state index < -0.39 is 5.41 Å². The van der Waals surface area contributed by atoms with Crippen molar-refractivity contribution in [3.63, 3.8) is 0 Å². The first-order chi connectivity index (χ1) is 13.7. The number of piperidine rings is 1. The lowest BCUT2D eigenvalue weighted by Gasteiger charge is -2.43. The summed E-state index contributed by atoms with van der Waals surface area (Å²) >= 11 is 5.88. The molecule has 1 aromatic carbocycles. The van der Waals surface area contributed by atoms with Crippen LogP contribution in [0.1, 0.15) is 33.1 Å². The van der Waals surface area contributed by atoms with E-state index in [1.807, 2.05) is 18.7 Å². The molecule has 2 aliphatic rings. The van der Waals surface area contributed by atoms with Gasteiger partial charge in [-0.25, -0.2) is 0 Å². The molecule has 29 heavy (non-hydrogen) atoms. The molecule has 0 aromatic heterocycles. The zero-order valence-electron chi connectivity index (χ0n) is 17.8. The molecule has 7 heteroatoms. The molecule has 2 heterocycles. The molecule has 0 unspecified atom stereocenters. The fourth-order valence-electron chi connectivity index (χ4n) is 4.29. The molecule has 2 aliphatic heterocycles. The number of amides is 2. The van der Waals surface area contributed by atoms with Gasteiger partial charge in [-0.3, -0.25) is 14.5 Å². The predicted octanol–water partition coefficient (Wildman–Crippen LogP) is 2.93. The molecular formula is C22H33ClN4O2. The van der Waals surface area contributed by atoms with Crippen molar-refractivity contribution in [2.45, 2.75) is 39.2 Å². The van der Waals surface area contributed by atoms with Crippen molar-refractivity contribution >= 4 is 29.1 Å². The Labute approximate surface area is 179 Å². The van der Waals surface area contributed by atoms with Gasteiger partial charge in [0.15, 0.2) is 0 Å². The van der Waals surface area contributed by atoms with Gasteiger partial charge in [-0.05, 0) is 57.2 Å². The normalized spacial score (nSPS) is 19.9. The summed E-state index contributed by atoms with van der Waals surface area (Å²) in [5.74, 6) is -0.0950. The Morgan fingerprint density at radius 3 is 2.21 bits per heavy atom.